The van der Waals surface area contributed by atoms with Crippen LogP contribution in [0.15, 0.2) is 56.8 Å². The molecule has 0 saturated carbocycles. The third-order valence-electron chi connectivity index (χ3n) is 4.15. The van der Waals surface area contributed by atoms with Crippen molar-refractivity contribution >= 4 is 39.0 Å². The van der Waals surface area contributed by atoms with Gasteiger partial charge in [-0.1, -0.05) is 35.0 Å². The highest BCUT2D eigenvalue weighted by molar-refractivity contribution is 9.10. The van der Waals surface area contributed by atoms with E-state index in [1.165, 1.54) is 18.0 Å². The number of hydrogen-bond acceptors (Lipinski definition) is 6. The summed E-state index contributed by atoms with van der Waals surface area (Å²) < 4.78 is 12.2. The predicted molar refractivity (Wildman–Crippen MR) is 115 cm³/mol. The molecule has 8 heteroatoms. The molecule has 1 heterocycles. The lowest BCUT2D eigenvalue weighted by molar-refractivity contribution is -0.142. The molecule has 0 spiro atoms. The Morgan fingerprint density at radius 3 is 2.83 bits per heavy atom. The van der Waals surface area contributed by atoms with Crippen LogP contribution in [-0.4, -0.2) is 35.6 Å². The number of para-hydroxylation sites is 1. The van der Waals surface area contributed by atoms with E-state index in [1.54, 1.807) is 24.3 Å². The lowest BCUT2D eigenvalue weighted by Gasteiger charge is -2.10. The molecular formula is C21H20BrN3O4. The SMILES string of the molecule is CCCc1nc2ccc(Br)cc2c(=O)n1N=Cc1ccccc1OCC(=O)OC. The van der Waals surface area contributed by atoms with E-state index in [-0.39, 0.29) is 12.2 Å². The van der Waals surface area contributed by atoms with Gasteiger partial charge in [0.25, 0.3) is 5.56 Å². The maximum atomic E-state index is 13.0. The number of rotatable bonds is 7. The summed E-state index contributed by atoms with van der Waals surface area (Å²) in [6, 6.07) is 12.5. The molecule has 0 fully saturated rings. The summed E-state index contributed by atoms with van der Waals surface area (Å²) in [5.41, 5.74) is 1.01. The van der Waals surface area contributed by atoms with Gasteiger partial charge in [0, 0.05) is 16.5 Å². The summed E-state index contributed by atoms with van der Waals surface area (Å²) in [6.45, 7) is 1.80. The third kappa shape index (κ3) is 4.89. The van der Waals surface area contributed by atoms with Crippen molar-refractivity contribution in [3.8, 4) is 5.75 Å². The van der Waals surface area contributed by atoms with Gasteiger partial charge in [-0.2, -0.15) is 9.78 Å². The van der Waals surface area contributed by atoms with Crippen molar-refractivity contribution in [2.24, 2.45) is 5.10 Å². The standard InChI is InChI=1S/C21H20BrN3O4/c1-3-6-19-24-17-10-9-15(22)11-16(17)21(27)25(19)23-12-14-7-4-5-8-18(14)29-13-20(26)28-2/h4-5,7-12H,3,6,13H2,1-2H3. The minimum absolute atomic E-state index is 0.214. The Bertz CT molecular complexity index is 1120. The lowest BCUT2D eigenvalue weighted by Crippen LogP contribution is -2.22. The molecule has 1 aromatic heterocycles. The Hall–Kier alpha value is -3.00. The fourth-order valence-corrected chi connectivity index (χ4v) is 3.09. The van der Waals surface area contributed by atoms with Gasteiger partial charge in [-0.15, -0.1) is 0 Å². The largest absolute Gasteiger partial charge is 0.481 e. The van der Waals surface area contributed by atoms with E-state index < -0.39 is 5.97 Å². The van der Waals surface area contributed by atoms with Gasteiger partial charge < -0.3 is 9.47 Å². The molecule has 0 aliphatic carbocycles. The van der Waals surface area contributed by atoms with E-state index in [2.05, 4.69) is 30.8 Å². The summed E-state index contributed by atoms with van der Waals surface area (Å²) in [4.78, 5) is 29.0. The van der Waals surface area contributed by atoms with Crippen molar-refractivity contribution in [3.63, 3.8) is 0 Å². The lowest BCUT2D eigenvalue weighted by atomic mass is 10.2. The first-order chi connectivity index (χ1) is 14.0. The summed E-state index contributed by atoms with van der Waals surface area (Å²) in [5.74, 6) is 0.558. The number of aromatic nitrogens is 2. The van der Waals surface area contributed by atoms with Gasteiger partial charge in [-0.25, -0.2) is 9.78 Å². The number of halogens is 1. The summed E-state index contributed by atoms with van der Waals surface area (Å²) in [5, 5.41) is 4.87. The molecule has 150 valence electrons. The van der Waals surface area contributed by atoms with Crippen molar-refractivity contribution < 1.29 is 14.3 Å². The van der Waals surface area contributed by atoms with Gasteiger partial charge in [-0.05, 0) is 36.8 Å². The third-order valence-corrected chi connectivity index (χ3v) is 4.65. The first kappa shape index (κ1) is 20.7. The zero-order valence-electron chi connectivity index (χ0n) is 16.1. The van der Waals surface area contributed by atoms with Gasteiger partial charge in [0.15, 0.2) is 6.61 Å². The van der Waals surface area contributed by atoms with Crippen LogP contribution in [0.1, 0.15) is 24.7 Å². The van der Waals surface area contributed by atoms with E-state index >= 15 is 0 Å². The first-order valence-corrected chi connectivity index (χ1v) is 9.87. The number of carbonyl (C=O) groups is 1. The molecule has 0 aliphatic rings. The molecule has 2 aromatic carbocycles. The van der Waals surface area contributed by atoms with Crippen LogP contribution < -0.4 is 10.3 Å². The highest BCUT2D eigenvalue weighted by Crippen LogP contribution is 2.18. The molecule has 3 aromatic rings. The van der Waals surface area contributed by atoms with Crippen molar-refractivity contribution in [1.82, 2.24) is 9.66 Å². The molecule has 7 nitrogen and oxygen atoms in total. The van der Waals surface area contributed by atoms with E-state index in [1.807, 2.05) is 25.1 Å². The number of hydrogen-bond donors (Lipinski definition) is 0. The number of aryl methyl sites for hydroxylation is 1. The fourth-order valence-electron chi connectivity index (χ4n) is 2.73. The number of benzene rings is 2. The number of methoxy groups -OCH3 is 1. The Morgan fingerprint density at radius 2 is 2.07 bits per heavy atom. The molecule has 29 heavy (non-hydrogen) atoms. The van der Waals surface area contributed by atoms with E-state index in [0.29, 0.717) is 34.5 Å². The number of ether oxygens (including phenoxy) is 2. The molecule has 0 bridgehead atoms. The average Bonchev–Trinajstić information content (AvgIpc) is 2.73. The van der Waals surface area contributed by atoms with E-state index in [0.717, 1.165) is 10.9 Å². The predicted octanol–water partition coefficient (Wildman–Crippen LogP) is 3.55. The highest BCUT2D eigenvalue weighted by atomic mass is 79.9. The number of carbonyl (C=O) groups excluding carboxylic acids is 1. The average molecular weight is 458 g/mol. The summed E-state index contributed by atoms with van der Waals surface area (Å²) >= 11 is 3.39. The van der Waals surface area contributed by atoms with E-state index in [4.69, 9.17) is 4.74 Å². The number of nitrogens with zero attached hydrogens (tertiary/aromatic N) is 3. The van der Waals surface area contributed by atoms with Crippen LogP contribution in [0.3, 0.4) is 0 Å². The maximum absolute atomic E-state index is 13.0. The van der Waals surface area contributed by atoms with Crippen molar-refractivity contribution in [2.45, 2.75) is 19.8 Å². The van der Waals surface area contributed by atoms with Crippen LogP contribution in [0.25, 0.3) is 10.9 Å². The van der Waals surface area contributed by atoms with Gasteiger partial charge >= 0.3 is 5.97 Å². The van der Waals surface area contributed by atoms with Gasteiger partial charge in [0.2, 0.25) is 0 Å². The molecule has 3 rings (SSSR count). The van der Waals surface area contributed by atoms with Crippen LogP contribution in [0.4, 0.5) is 0 Å². The Morgan fingerprint density at radius 1 is 1.28 bits per heavy atom. The molecule has 0 amide bonds. The molecule has 0 radical (unpaired) electrons. The molecule has 0 aliphatic heterocycles. The molecule has 0 saturated heterocycles. The molecule has 0 atom stereocenters. The Balaban J connectivity index is 2.02. The number of fused-ring (bicyclic) bond motifs is 1. The second-order valence-electron chi connectivity index (χ2n) is 6.20. The summed E-state index contributed by atoms with van der Waals surface area (Å²) in [6.07, 6.45) is 2.96. The monoisotopic (exact) mass is 457 g/mol. The smallest absolute Gasteiger partial charge is 0.343 e. The summed E-state index contributed by atoms with van der Waals surface area (Å²) in [7, 11) is 1.30. The minimum Gasteiger partial charge on any atom is -0.481 e. The van der Waals surface area contributed by atoms with Crippen molar-refractivity contribution in [3.05, 3.63) is 68.7 Å². The number of esters is 1. The first-order valence-electron chi connectivity index (χ1n) is 9.07. The highest BCUT2D eigenvalue weighted by Gasteiger charge is 2.11. The normalized spacial score (nSPS) is 11.1. The Labute approximate surface area is 176 Å². The van der Waals surface area contributed by atoms with Crippen LogP contribution >= 0.6 is 15.9 Å². The van der Waals surface area contributed by atoms with Gasteiger partial charge in [0.05, 0.1) is 24.2 Å². The van der Waals surface area contributed by atoms with Crippen LogP contribution in [0, 0.1) is 0 Å². The van der Waals surface area contributed by atoms with E-state index in [9.17, 15) is 9.59 Å². The van der Waals surface area contributed by atoms with Gasteiger partial charge in [-0.3, -0.25) is 4.79 Å². The minimum atomic E-state index is -0.484. The van der Waals surface area contributed by atoms with Crippen LogP contribution in [0.5, 0.6) is 5.75 Å². The topological polar surface area (TPSA) is 82.8 Å². The zero-order chi connectivity index (χ0) is 20.8. The van der Waals surface area contributed by atoms with Crippen LogP contribution in [0.2, 0.25) is 0 Å². The van der Waals surface area contributed by atoms with Gasteiger partial charge in [0.1, 0.15) is 11.6 Å². The second kappa shape index (κ2) is 9.47. The fraction of sp³-hybridized carbons (Fsp3) is 0.238. The molecular weight excluding hydrogens is 438 g/mol. The quantitative estimate of drug-likeness (QED) is 0.400. The zero-order valence-corrected chi connectivity index (χ0v) is 17.7. The van der Waals surface area contributed by atoms with Crippen LogP contribution in [-0.2, 0) is 16.0 Å². The Kier molecular flexibility index (Phi) is 6.77. The maximum Gasteiger partial charge on any atom is 0.343 e. The van der Waals surface area contributed by atoms with Crippen molar-refractivity contribution in [2.75, 3.05) is 13.7 Å². The second-order valence-corrected chi connectivity index (χ2v) is 7.12. The molecule has 0 N–H and O–H groups in total. The molecule has 0 unspecified atom stereocenters. The van der Waals surface area contributed by atoms with Crippen molar-refractivity contribution in [1.29, 1.82) is 0 Å².